The van der Waals surface area contributed by atoms with E-state index in [0.29, 0.717) is 24.9 Å². The van der Waals surface area contributed by atoms with Gasteiger partial charge in [0.05, 0.1) is 6.54 Å². The Balaban J connectivity index is 2.18. The fourth-order valence-electron chi connectivity index (χ4n) is 1.48. The summed E-state index contributed by atoms with van der Waals surface area (Å²) in [6.45, 7) is 2.78. The molecule has 0 aromatic carbocycles. The highest BCUT2D eigenvalue weighted by atomic mass is 16.2. The topological polar surface area (TPSA) is 75.4 Å². The molecular weight excluding hydrogens is 218 g/mol. The summed E-state index contributed by atoms with van der Waals surface area (Å²) in [7, 11) is 1.67. The van der Waals surface area contributed by atoms with Crippen molar-refractivity contribution in [2.75, 3.05) is 20.1 Å². The number of nitrogens with zero attached hydrogens (tertiary/aromatic N) is 1. The molecule has 0 aromatic rings. The van der Waals surface area contributed by atoms with Crippen molar-refractivity contribution in [3.8, 4) is 0 Å². The Morgan fingerprint density at radius 3 is 2.65 bits per heavy atom. The van der Waals surface area contributed by atoms with E-state index >= 15 is 0 Å². The average Bonchev–Trinajstić information content (AvgIpc) is 3.08. The summed E-state index contributed by atoms with van der Waals surface area (Å²) in [6, 6.07) is 0.350. The van der Waals surface area contributed by atoms with E-state index in [1.165, 1.54) is 4.90 Å². The SMILES string of the molecule is CC(CN)CCC(=O)N(C)CC(=O)NC1CC1. The predicted molar refractivity (Wildman–Crippen MR) is 66.3 cm³/mol. The molecule has 0 aromatic heterocycles. The summed E-state index contributed by atoms with van der Waals surface area (Å²) in [5, 5.41) is 2.86. The molecule has 5 nitrogen and oxygen atoms in total. The second-order valence-electron chi connectivity index (χ2n) is 4.97. The molecule has 98 valence electrons. The van der Waals surface area contributed by atoms with Gasteiger partial charge in [0, 0.05) is 19.5 Å². The maximum Gasteiger partial charge on any atom is 0.239 e. The molecule has 0 saturated heterocycles. The number of hydrogen-bond acceptors (Lipinski definition) is 3. The van der Waals surface area contributed by atoms with Gasteiger partial charge in [-0.05, 0) is 31.7 Å². The molecule has 3 N–H and O–H groups in total. The molecule has 0 bridgehead atoms. The molecule has 1 saturated carbocycles. The minimum absolute atomic E-state index is 0.0104. The molecule has 1 atom stereocenters. The quantitative estimate of drug-likeness (QED) is 0.663. The van der Waals surface area contributed by atoms with Crippen LogP contribution in [-0.2, 0) is 9.59 Å². The summed E-state index contributed by atoms with van der Waals surface area (Å²) in [6.07, 6.45) is 3.38. The van der Waals surface area contributed by atoms with Gasteiger partial charge < -0.3 is 16.0 Å². The lowest BCUT2D eigenvalue weighted by Gasteiger charge is -2.17. The van der Waals surface area contributed by atoms with Gasteiger partial charge in [-0.3, -0.25) is 9.59 Å². The number of amides is 2. The van der Waals surface area contributed by atoms with Crippen LogP contribution in [0.3, 0.4) is 0 Å². The average molecular weight is 241 g/mol. The van der Waals surface area contributed by atoms with E-state index in [1.807, 2.05) is 6.92 Å². The van der Waals surface area contributed by atoms with Crippen LogP contribution in [0.25, 0.3) is 0 Å². The molecule has 1 aliphatic rings. The van der Waals surface area contributed by atoms with Crippen LogP contribution in [0.15, 0.2) is 0 Å². The molecule has 0 radical (unpaired) electrons. The second-order valence-corrected chi connectivity index (χ2v) is 4.97. The zero-order chi connectivity index (χ0) is 12.8. The molecule has 1 rings (SSSR count). The first kappa shape index (κ1) is 14.0. The van der Waals surface area contributed by atoms with Gasteiger partial charge >= 0.3 is 0 Å². The highest BCUT2D eigenvalue weighted by molar-refractivity contribution is 5.84. The summed E-state index contributed by atoms with van der Waals surface area (Å²) in [4.78, 5) is 24.7. The molecule has 5 heteroatoms. The predicted octanol–water partition coefficient (Wildman–Crippen LogP) is 0.0984. The van der Waals surface area contributed by atoms with E-state index in [9.17, 15) is 9.59 Å². The van der Waals surface area contributed by atoms with E-state index in [4.69, 9.17) is 5.73 Å². The zero-order valence-electron chi connectivity index (χ0n) is 10.7. The normalized spacial score (nSPS) is 16.4. The Bertz CT molecular complexity index is 277. The molecule has 2 amide bonds. The smallest absolute Gasteiger partial charge is 0.239 e. The van der Waals surface area contributed by atoms with Crippen LogP contribution in [0.4, 0.5) is 0 Å². The highest BCUT2D eigenvalue weighted by Crippen LogP contribution is 2.18. The molecule has 17 heavy (non-hydrogen) atoms. The summed E-state index contributed by atoms with van der Waals surface area (Å²) in [5.41, 5.74) is 5.49. The Morgan fingerprint density at radius 2 is 2.12 bits per heavy atom. The van der Waals surface area contributed by atoms with Crippen LogP contribution in [0, 0.1) is 5.92 Å². The van der Waals surface area contributed by atoms with Gasteiger partial charge in [-0.2, -0.15) is 0 Å². The van der Waals surface area contributed by atoms with Crippen molar-refractivity contribution >= 4 is 11.8 Å². The molecule has 1 aliphatic carbocycles. The first-order chi connectivity index (χ1) is 8.02. The van der Waals surface area contributed by atoms with Crippen LogP contribution >= 0.6 is 0 Å². The number of hydrogen-bond donors (Lipinski definition) is 2. The number of nitrogens with one attached hydrogen (secondary N) is 1. The lowest BCUT2D eigenvalue weighted by Crippen LogP contribution is -2.39. The largest absolute Gasteiger partial charge is 0.352 e. The van der Waals surface area contributed by atoms with E-state index in [2.05, 4.69) is 5.32 Å². The van der Waals surface area contributed by atoms with E-state index in [1.54, 1.807) is 7.05 Å². The lowest BCUT2D eigenvalue weighted by atomic mass is 10.1. The molecule has 1 fully saturated rings. The first-order valence-corrected chi connectivity index (χ1v) is 6.26. The van der Waals surface area contributed by atoms with Crippen LogP contribution < -0.4 is 11.1 Å². The monoisotopic (exact) mass is 241 g/mol. The van der Waals surface area contributed by atoms with Crippen LogP contribution in [0.1, 0.15) is 32.6 Å². The van der Waals surface area contributed by atoms with Crippen molar-refractivity contribution in [3.63, 3.8) is 0 Å². The Labute approximate surface area is 103 Å². The molecule has 0 spiro atoms. The number of nitrogens with two attached hydrogens (primary N) is 1. The van der Waals surface area contributed by atoms with Gasteiger partial charge in [-0.1, -0.05) is 6.92 Å². The summed E-state index contributed by atoms with van der Waals surface area (Å²) in [5.74, 6) is 0.305. The van der Waals surface area contributed by atoms with Gasteiger partial charge in [0.25, 0.3) is 0 Å². The number of likely N-dealkylation sites (N-methyl/N-ethyl adjacent to an activating group) is 1. The lowest BCUT2D eigenvalue weighted by molar-refractivity contribution is -0.135. The Kier molecular flexibility index (Phi) is 5.41. The van der Waals surface area contributed by atoms with Gasteiger partial charge in [0.2, 0.25) is 11.8 Å². The van der Waals surface area contributed by atoms with Crippen molar-refractivity contribution in [1.82, 2.24) is 10.2 Å². The van der Waals surface area contributed by atoms with E-state index < -0.39 is 0 Å². The van der Waals surface area contributed by atoms with Crippen molar-refractivity contribution in [2.45, 2.75) is 38.6 Å². The highest BCUT2D eigenvalue weighted by Gasteiger charge is 2.24. The fourth-order valence-corrected chi connectivity index (χ4v) is 1.48. The van der Waals surface area contributed by atoms with Gasteiger partial charge in [-0.15, -0.1) is 0 Å². The first-order valence-electron chi connectivity index (χ1n) is 6.26. The Morgan fingerprint density at radius 1 is 1.47 bits per heavy atom. The van der Waals surface area contributed by atoms with Gasteiger partial charge in [0.1, 0.15) is 0 Å². The third kappa shape index (κ3) is 5.68. The van der Waals surface area contributed by atoms with E-state index in [0.717, 1.165) is 19.3 Å². The van der Waals surface area contributed by atoms with Gasteiger partial charge in [-0.25, -0.2) is 0 Å². The minimum Gasteiger partial charge on any atom is -0.352 e. The second kappa shape index (κ2) is 6.59. The van der Waals surface area contributed by atoms with Gasteiger partial charge in [0.15, 0.2) is 0 Å². The third-order valence-electron chi connectivity index (χ3n) is 3.00. The molecule has 0 heterocycles. The van der Waals surface area contributed by atoms with Crippen molar-refractivity contribution in [3.05, 3.63) is 0 Å². The van der Waals surface area contributed by atoms with Crippen LogP contribution in [0.2, 0.25) is 0 Å². The molecule has 0 aliphatic heterocycles. The number of carbonyl (C=O) groups excluding carboxylic acids is 2. The molecule has 1 unspecified atom stereocenters. The Hall–Kier alpha value is -1.10. The fraction of sp³-hybridized carbons (Fsp3) is 0.833. The summed E-state index contributed by atoms with van der Waals surface area (Å²) < 4.78 is 0. The maximum atomic E-state index is 11.7. The van der Waals surface area contributed by atoms with E-state index in [-0.39, 0.29) is 18.4 Å². The number of carbonyl (C=O) groups is 2. The number of rotatable bonds is 7. The van der Waals surface area contributed by atoms with Crippen LogP contribution in [0.5, 0.6) is 0 Å². The van der Waals surface area contributed by atoms with Crippen molar-refractivity contribution < 1.29 is 9.59 Å². The molecular formula is C12H23N3O2. The standard InChI is InChI=1S/C12H23N3O2/c1-9(7-13)3-6-12(17)15(2)8-11(16)14-10-4-5-10/h9-10H,3-8,13H2,1-2H3,(H,14,16). The maximum absolute atomic E-state index is 11.7. The van der Waals surface area contributed by atoms with Crippen molar-refractivity contribution in [2.24, 2.45) is 11.7 Å². The van der Waals surface area contributed by atoms with Crippen LogP contribution in [-0.4, -0.2) is 42.9 Å². The van der Waals surface area contributed by atoms with Crippen molar-refractivity contribution in [1.29, 1.82) is 0 Å². The summed E-state index contributed by atoms with van der Waals surface area (Å²) >= 11 is 0. The minimum atomic E-state index is -0.0600. The third-order valence-corrected chi connectivity index (χ3v) is 3.00. The zero-order valence-corrected chi connectivity index (χ0v) is 10.7.